The first-order valence-electron chi connectivity index (χ1n) is 6.66. The van der Waals surface area contributed by atoms with Gasteiger partial charge in [-0.15, -0.1) is 0 Å². The van der Waals surface area contributed by atoms with Gasteiger partial charge in [-0.05, 0) is 26.0 Å². The first-order chi connectivity index (χ1) is 9.02. The molecule has 1 aromatic heterocycles. The molecular formula is C14H20N2O3. The number of likely N-dealkylation sites (N-methyl/N-ethyl adjacent to an activating group) is 1. The molecule has 1 aromatic rings. The molecule has 1 saturated heterocycles. The van der Waals surface area contributed by atoms with E-state index < -0.39 is 5.63 Å². The van der Waals surface area contributed by atoms with Crippen LogP contribution in [-0.4, -0.2) is 48.4 Å². The molecule has 0 saturated carbocycles. The summed E-state index contributed by atoms with van der Waals surface area (Å²) >= 11 is 0. The second kappa shape index (κ2) is 5.57. The molecule has 1 aliphatic rings. The van der Waals surface area contributed by atoms with Crippen LogP contribution < -0.4 is 5.63 Å². The number of nitrogens with zero attached hydrogens (tertiary/aromatic N) is 2. The summed E-state index contributed by atoms with van der Waals surface area (Å²) in [6.07, 6.45) is 0. The fourth-order valence-electron chi connectivity index (χ4n) is 2.50. The number of hydrogen-bond donors (Lipinski definition) is 0. The Bertz CT molecular complexity index is 502. The van der Waals surface area contributed by atoms with Gasteiger partial charge in [0.15, 0.2) is 0 Å². The maximum absolute atomic E-state index is 12.5. The van der Waals surface area contributed by atoms with Crippen molar-refractivity contribution < 1.29 is 9.21 Å². The molecule has 104 valence electrons. The molecule has 0 atom stereocenters. The normalized spacial score (nSPS) is 16.7. The van der Waals surface area contributed by atoms with Crippen LogP contribution in [0.4, 0.5) is 0 Å². The van der Waals surface area contributed by atoms with Crippen LogP contribution in [0.25, 0.3) is 0 Å². The van der Waals surface area contributed by atoms with Crippen LogP contribution in [0.15, 0.2) is 15.3 Å². The molecule has 19 heavy (non-hydrogen) atoms. The molecule has 0 spiro atoms. The van der Waals surface area contributed by atoms with Gasteiger partial charge in [0.25, 0.3) is 5.91 Å². The molecular weight excluding hydrogens is 244 g/mol. The number of rotatable bonds is 2. The number of aryl methyl sites for hydroxylation is 2. The lowest BCUT2D eigenvalue weighted by atomic mass is 10.1. The zero-order valence-electron chi connectivity index (χ0n) is 11.7. The van der Waals surface area contributed by atoms with Gasteiger partial charge >= 0.3 is 5.63 Å². The minimum atomic E-state index is -0.401. The van der Waals surface area contributed by atoms with E-state index in [0.29, 0.717) is 16.9 Å². The van der Waals surface area contributed by atoms with Crippen molar-refractivity contribution in [2.45, 2.75) is 20.8 Å². The number of carbonyl (C=O) groups excluding carboxylic acids is 1. The van der Waals surface area contributed by atoms with Gasteiger partial charge in [0.2, 0.25) is 0 Å². The second-order valence-corrected chi connectivity index (χ2v) is 4.91. The first-order valence-corrected chi connectivity index (χ1v) is 6.66. The quantitative estimate of drug-likeness (QED) is 0.800. The molecule has 1 aliphatic heterocycles. The Kier molecular flexibility index (Phi) is 4.04. The van der Waals surface area contributed by atoms with Gasteiger partial charge < -0.3 is 14.2 Å². The molecule has 0 radical (unpaired) electrons. The van der Waals surface area contributed by atoms with Crippen molar-refractivity contribution in [3.63, 3.8) is 0 Å². The Morgan fingerprint density at radius 2 is 1.89 bits per heavy atom. The summed E-state index contributed by atoms with van der Waals surface area (Å²) in [5.74, 6) is 0.377. The summed E-state index contributed by atoms with van der Waals surface area (Å²) in [4.78, 5) is 27.9. The Morgan fingerprint density at radius 1 is 1.26 bits per heavy atom. The van der Waals surface area contributed by atoms with E-state index in [1.165, 1.54) is 6.07 Å². The van der Waals surface area contributed by atoms with E-state index in [2.05, 4.69) is 11.8 Å². The van der Waals surface area contributed by atoms with Gasteiger partial charge in [0, 0.05) is 32.2 Å². The maximum atomic E-state index is 12.5. The van der Waals surface area contributed by atoms with Crippen molar-refractivity contribution in [1.29, 1.82) is 0 Å². The smallest absolute Gasteiger partial charge is 0.336 e. The third kappa shape index (κ3) is 2.87. The molecule has 1 amide bonds. The number of amides is 1. The highest BCUT2D eigenvalue weighted by atomic mass is 16.4. The van der Waals surface area contributed by atoms with Gasteiger partial charge in [-0.2, -0.15) is 0 Å². The lowest BCUT2D eigenvalue weighted by molar-refractivity contribution is 0.0638. The van der Waals surface area contributed by atoms with E-state index in [1.54, 1.807) is 13.8 Å². The van der Waals surface area contributed by atoms with Gasteiger partial charge in [0.1, 0.15) is 5.76 Å². The largest absolute Gasteiger partial charge is 0.427 e. The summed E-state index contributed by atoms with van der Waals surface area (Å²) in [5.41, 5.74) is 0.823. The Labute approximate surface area is 112 Å². The van der Waals surface area contributed by atoms with E-state index in [4.69, 9.17) is 4.42 Å². The van der Waals surface area contributed by atoms with Crippen LogP contribution >= 0.6 is 0 Å². The molecule has 5 nitrogen and oxygen atoms in total. The van der Waals surface area contributed by atoms with E-state index in [0.717, 1.165) is 32.7 Å². The first kappa shape index (κ1) is 13.8. The Hall–Kier alpha value is -1.62. The van der Waals surface area contributed by atoms with Gasteiger partial charge in [0.05, 0.1) is 5.56 Å². The summed E-state index contributed by atoms with van der Waals surface area (Å²) in [6, 6.07) is 1.38. The number of hydrogen-bond acceptors (Lipinski definition) is 4. The molecule has 5 heteroatoms. The van der Waals surface area contributed by atoms with Crippen LogP contribution in [-0.2, 0) is 0 Å². The van der Waals surface area contributed by atoms with Crippen LogP contribution in [0.3, 0.4) is 0 Å². The van der Waals surface area contributed by atoms with Crippen molar-refractivity contribution in [1.82, 2.24) is 9.80 Å². The van der Waals surface area contributed by atoms with E-state index in [1.807, 2.05) is 4.90 Å². The van der Waals surface area contributed by atoms with Crippen LogP contribution in [0.5, 0.6) is 0 Å². The van der Waals surface area contributed by atoms with Gasteiger partial charge in [-0.3, -0.25) is 4.79 Å². The zero-order valence-corrected chi connectivity index (χ0v) is 11.7. The SMILES string of the molecule is CCN1CCN(C(=O)c2c(C)cc(=O)oc2C)CC1. The Morgan fingerprint density at radius 3 is 2.42 bits per heavy atom. The monoisotopic (exact) mass is 264 g/mol. The van der Waals surface area contributed by atoms with E-state index >= 15 is 0 Å². The third-order valence-electron chi connectivity index (χ3n) is 3.66. The summed E-state index contributed by atoms with van der Waals surface area (Å²) in [5, 5.41) is 0. The maximum Gasteiger partial charge on any atom is 0.336 e. The standard InChI is InChI=1S/C14H20N2O3/c1-4-15-5-7-16(8-6-15)14(18)13-10(2)9-12(17)19-11(13)3/h9H,4-8H2,1-3H3. The second-order valence-electron chi connectivity index (χ2n) is 4.91. The van der Waals surface area contributed by atoms with Crippen molar-refractivity contribution in [3.8, 4) is 0 Å². The fourth-order valence-corrected chi connectivity index (χ4v) is 2.50. The summed E-state index contributed by atoms with van der Waals surface area (Å²) < 4.78 is 5.03. The summed E-state index contributed by atoms with van der Waals surface area (Å²) in [7, 11) is 0. The predicted molar refractivity (Wildman–Crippen MR) is 72.5 cm³/mol. The lowest BCUT2D eigenvalue weighted by Gasteiger charge is -2.34. The summed E-state index contributed by atoms with van der Waals surface area (Å²) in [6.45, 7) is 9.84. The molecule has 0 bridgehead atoms. The minimum absolute atomic E-state index is 0.0329. The molecule has 0 unspecified atom stereocenters. The minimum Gasteiger partial charge on any atom is -0.427 e. The van der Waals surface area contributed by atoms with Crippen LogP contribution in [0, 0.1) is 13.8 Å². The average Bonchev–Trinajstić information content (AvgIpc) is 2.37. The molecule has 1 fully saturated rings. The van der Waals surface area contributed by atoms with Crippen molar-refractivity contribution >= 4 is 5.91 Å². The third-order valence-corrected chi connectivity index (χ3v) is 3.66. The van der Waals surface area contributed by atoms with Gasteiger partial charge in [-0.25, -0.2) is 4.79 Å². The van der Waals surface area contributed by atoms with Crippen LogP contribution in [0.2, 0.25) is 0 Å². The fraction of sp³-hybridized carbons (Fsp3) is 0.571. The Balaban J connectivity index is 2.19. The molecule has 0 aromatic carbocycles. The van der Waals surface area contributed by atoms with E-state index in [9.17, 15) is 9.59 Å². The average molecular weight is 264 g/mol. The van der Waals surface area contributed by atoms with Gasteiger partial charge in [-0.1, -0.05) is 6.92 Å². The topological polar surface area (TPSA) is 53.8 Å². The van der Waals surface area contributed by atoms with Crippen molar-refractivity contribution in [2.24, 2.45) is 0 Å². The molecule has 0 N–H and O–H groups in total. The highest BCUT2D eigenvalue weighted by molar-refractivity contribution is 5.96. The van der Waals surface area contributed by atoms with Crippen LogP contribution in [0.1, 0.15) is 28.6 Å². The molecule has 2 heterocycles. The molecule has 2 rings (SSSR count). The number of carbonyl (C=O) groups is 1. The van der Waals surface area contributed by atoms with E-state index in [-0.39, 0.29) is 5.91 Å². The van der Waals surface area contributed by atoms with Crippen molar-refractivity contribution in [2.75, 3.05) is 32.7 Å². The van der Waals surface area contributed by atoms with Crippen molar-refractivity contribution in [3.05, 3.63) is 33.4 Å². The molecule has 0 aliphatic carbocycles. The lowest BCUT2D eigenvalue weighted by Crippen LogP contribution is -2.48. The predicted octanol–water partition coefficient (Wildman–Crippen LogP) is 1.03. The zero-order chi connectivity index (χ0) is 14.0. The number of piperazine rings is 1. The highest BCUT2D eigenvalue weighted by Crippen LogP contribution is 2.15. The highest BCUT2D eigenvalue weighted by Gasteiger charge is 2.24.